The Hall–Kier alpha value is -3.69. The second-order valence-electron chi connectivity index (χ2n) is 14.7. The first-order valence-corrected chi connectivity index (χ1v) is 21.0. The van der Waals surface area contributed by atoms with Gasteiger partial charge in [-0.1, -0.05) is 56.0 Å². The van der Waals surface area contributed by atoms with E-state index in [-0.39, 0.29) is 37.8 Å². The van der Waals surface area contributed by atoms with Crippen LogP contribution in [0.15, 0.2) is 36.2 Å². The van der Waals surface area contributed by atoms with Crippen molar-refractivity contribution in [1.82, 2.24) is 24.8 Å². The SMILES string of the molecule is C=C[C@@H]1C[C@]1(NC(=O)C1C[C@@H](OC(=O)N2Cc3cccc(Cl)c3C2)CN1C(=O)[C@@H](Nc1nc(CC)cs1)C1CCCCC1)C(=O)NS(=O)(=O)C1CC1. The summed E-state index contributed by atoms with van der Waals surface area (Å²) < 4.78 is 33.6. The van der Waals surface area contributed by atoms with E-state index in [1.807, 2.05) is 24.4 Å². The highest BCUT2D eigenvalue weighted by Crippen LogP contribution is 2.45. The van der Waals surface area contributed by atoms with Gasteiger partial charge in [0.05, 0.1) is 24.0 Å². The number of aryl methyl sites for hydroxylation is 1. The Morgan fingerprint density at radius 1 is 1.15 bits per heavy atom. The van der Waals surface area contributed by atoms with Crippen LogP contribution in [0.2, 0.25) is 5.02 Å². The number of anilines is 1. The molecule has 3 aliphatic carbocycles. The van der Waals surface area contributed by atoms with E-state index in [2.05, 4.69) is 26.9 Å². The summed E-state index contributed by atoms with van der Waals surface area (Å²) in [5, 5.41) is 8.74. The number of nitrogens with one attached hydrogen (secondary N) is 3. The van der Waals surface area contributed by atoms with E-state index in [0.717, 1.165) is 55.3 Å². The normalized spacial score (nSPS) is 26.3. The number of nitrogens with zero attached hydrogens (tertiary/aromatic N) is 3. The summed E-state index contributed by atoms with van der Waals surface area (Å²) in [6.07, 6.45) is 6.67. The van der Waals surface area contributed by atoms with Gasteiger partial charge in [0, 0.05) is 29.3 Å². The third kappa shape index (κ3) is 7.41. The van der Waals surface area contributed by atoms with Gasteiger partial charge >= 0.3 is 6.09 Å². The first-order chi connectivity index (χ1) is 24.9. The number of amides is 4. The Labute approximate surface area is 312 Å². The monoisotopic (exact) mass is 772 g/mol. The van der Waals surface area contributed by atoms with Gasteiger partial charge in [0.1, 0.15) is 23.7 Å². The molecule has 3 saturated carbocycles. The van der Waals surface area contributed by atoms with E-state index >= 15 is 0 Å². The molecule has 280 valence electrons. The maximum atomic E-state index is 14.7. The molecular formula is C36H45ClN6O7S2. The number of rotatable bonds is 12. The molecular weight excluding hydrogens is 728 g/mol. The van der Waals surface area contributed by atoms with E-state index in [9.17, 15) is 27.6 Å². The first-order valence-electron chi connectivity index (χ1n) is 18.2. The fraction of sp³-hybridized carbons (Fsp3) is 0.583. The molecule has 5 aliphatic rings. The zero-order chi connectivity index (χ0) is 36.8. The second-order valence-corrected chi connectivity index (χ2v) is 17.9. The molecule has 0 spiro atoms. The fourth-order valence-electron chi connectivity index (χ4n) is 7.82. The number of hydrogen-bond acceptors (Lipinski definition) is 10. The molecule has 1 aromatic heterocycles. The summed E-state index contributed by atoms with van der Waals surface area (Å²) in [5.74, 6) is -2.26. The van der Waals surface area contributed by atoms with Gasteiger partial charge in [0.15, 0.2) is 5.13 Å². The summed E-state index contributed by atoms with van der Waals surface area (Å²) in [4.78, 5) is 63.7. The quantitative estimate of drug-likeness (QED) is 0.263. The van der Waals surface area contributed by atoms with Crippen LogP contribution in [-0.2, 0) is 48.7 Å². The molecule has 3 heterocycles. The number of carbonyl (C=O) groups is 4. The van der Waals surface area contributed by atoms with Crippen molar-refractivity contribution in [2.75, 3.05) is 11.9 Å². The van der Waals surface area contributed by atoms with E-state index in [0.29, 0.717) is 29.5 Å². The van der Waals surface area contributed by atoms with Crippen LogP contribution in [0, 0.1) is 11.8 Å². The van der Waals surface area contributed by atoms with Crippen LogP contribution < -0.4 is 15.4 Å². The van der Waals surface area contributed by atoms with Gasteiger partial charge < -0.3 is 20.3 Å². The van der Waals surface area contributed by atoms with E-state index in [1.165, 1.54) is 27.2 Å². The number of fused-ring (bicyclic) bond motifs is 1. The Bertz CT molecular complexity index is 1860. The summed E-state index contributed by atoms with van der Waals surface area (Å²) >= 11 is 7.81. The third-order valence-corrected chi connectivity index (χ3v) is 14.1. The molecule has 1 saturated heterocycles. The second kappa shape index (κ2) is 14.6. The van der Waals surface area contributed by atoms with Crippen molar-refractivity contribution in [3.05, 3.63) is 58.1 Å². The lowest BCUT2D eigenvalue weighted by Crippen LogP contribution is -2.58. The maximum absolute atomic E-state index is 14.7. The van der Waals surface area contributed by atoms with Crippen LogP contribution in [0.3, 0.4) is 0 Å². The van der Waals surface area contributed by atoms with Gasteiger partial charge in [-0.3, -0.25) is 24.0 Å². The van der Waals surface area contributed by atoms with Crippen molar-refractivity contribution in [2.45, 2.75) is 113 Å². The van der Waals surface area contributed by atoms with Gasteiger partial charge in [-0.05, 0) is 61.6 Å². The summed E-state index contributed by atoms with van der Waals surface area (Å²) in [6.45, 7) is 6.36. The molecule has 13 nitrogen and oxygen atoms in total. The van der Waals surface area contributed by atoms with Crippen LogP contribution >= 0.6 is 22.9 Å². The van der Waals surface area contributed by atoms with Crippen molar-refractivity contribution in [2.24, 2.45) is 11.8 Å². The molecule has 5 atom stereocenters. The standard InChI is InChI=1S/C36H45ClN6O7S2/c1-3-23-16-36(23,33(46)41-52(48,49)26-13-14-26)40-31(44)29-15-25(50-35(47)42-17-22-11-8-12-28(37)27(22)19-42)18-43(29)32(45)30(21-9-6-5-7-10-21)39-34-38-24(4-2)20-51-34/h3,8,11-12,20-21,23,25-26,29-30H,1,4-7,9-10,13-19H2,2H3,(H,38,39)(H,40,44)(H,41,46)/t23-,25-,29?,30+,36-/m1/s1. The molecule has 16 heteroatoms. The molecule has 4 amide bonds. The largest absolute Gasteiger partial charge is 0.444 e. The lowest BCUT2D eigenvalue weighted by Gasteiger charge is -2.34. The van der Waals surface area contributed by atoms with Crippen LogP contribution in [0.25, 0.3) is 0 Å². The minimum atomic E-state index is -3.88. The third-order valence-electron chi connectivity index (χ3n) is 11.1. The number of carbonyl (C=O) groups excluding carboxylic acids is 4. The zero-order valence-corrected chi connectivity index (χ0v) is 31.5. The van der Waals surface area contributed by atoms with Crippen LogP contribution in [0.4, 0.5) is 9.93 Å². The number of sulfonamides is 1. The lowest BCUT2D eigenvalue weighted by atomic mass is 9.83. The highest BCUT2D eigenvalue weighted by molar-refractivity contribution is 7.91. The van der Waals surface area contributed by atoms with E-state index in [4.69, 9.17) is 16.3 Å². The number of halogens is 1. The van der Waals surface area contributed by atoms with Crippen molar-refractivity contribution in [3.63, 3.8) is 0 Å². The Morgan fingerprint density at radius 2 is 1.92 bits per heavy atom. The van der Waals surface area contributed by atoms with Crippen molar-refractivity contribution >= 4 is 61.9 Å². The number of hydrogen-bond donors (Lipinski definition) is 3. The fourth-order valence-corrected chi connectivity index (χ4v) is 10.3. The molecule has 3 N–H and O–H groups in total. The van der Waals surface area contributed by atoms with Crippen LogP contribution in [0.1, 0.15) is 81.5 Å². The van der Waals surface area contributed by atoms with Crippen LogP contribution in [0.5, 0.6) is 0 Å². The number of ether oxygens (including phenoxy) is 1. The smallest absolute Gasteiger partial charge is 0.410 e. The number of benzene rings is 1. The predicted molar refractivity (Wildman–Crippen MR) is 196 cm³/mol. The minimum absolute atomic E-state index is 0.00366. The first kappa shape index (κ1) is 36.7. The highest BCUT2D eigenvalue weighted by atomic mass is 35.5. The van der Waals surface area contributed by atoms with Crippen molar-refractivity contribution in [1.29, 1.82) is 0 Å². The zero-order valence-electron chi connectivity index (χ0n) is 29.1. The van der Waals surface area contributed by atoms with Gasteiger partial charge in [0.2, 0.25) is 21.8 Å². The Kier molecular flexibility index (Phi) is 10.3. The molecule has 4 fully saturated rings. The van der Waals surface area contributed by atoms with E-state index in [1.54, 1.807) is 6.07 Å². The summed E-state index contributed by atoms with van der Waals surface area (Å²) in [7, 11) is -3.88. The number of aromatic nitrogens is 1. The van der Waals surface area contributed by atoms with Crippen LogP contribution in [-0.4, -0.2) is 82.5 Å². The predicted octanol–water partition coefficient (Wildman–Crippen LogP) is 4.51. The van der Waals surface area contributed by atoms with Gasteiger partial charge in [0.25, 0.3) is 5.91 Å². The molecule has 0 radical (unpaired) electrons. The summed E-state index contributed by atoms with van der Waals surface area (Å²) in [5.41, 5.74) is 1.16. The maximum Gasteiger partial charge on any atom is 0.410 e. The lowest BCUT2D eigenvalue weighted by molar-refractivity contribution is -0.141. The molecule has 0 bridgehead atoms. The Balaban J connectivity index is 1.13. The average Bonchev–Trinajstić information content (AvgIpc) is 3.94. The molecule has 52 heavy (non-hydrogen) atoms. The topological polar surface area (TPSA) is 167 Å². The summed E-state index contributed by atoms with van der Waals surface area (Å²) in [6, 6.07) is 3.73. The molecule has 2 aliphatic heterocycles. The van der Waals surface area contributed by atoms with Gasteiger partial charge in [-0.25, -0.2) is 18.2 Å². The van der Waals surface area contributed by atoms with Crippen molar-refractivity contribution < 1.29 is 32.3 Å². The molecule has 2 aromatic rings. The number of thiazole rings is 1. The molecule has 1 unspecified atom stereocenters. The number of likely N-dealkylation sites (tertiary alicyclic amines) is 1. The molecule has 1 aromatic carbocycles. The molecule has 7 rings (SSSR count). The van der Waals surface area contributed by atoms with E-state index < -0.39 is 62.8 Å². The van der Waals surface area contributed by atoms with Crippen molar-refractivity contribution in [3.8, 4) is 0 Å². The highest BCUT2D eigenvalue weighted by Gasteiger charge is 2.62. The van der Waals surface area contributed by atoms with Gasteiger partial charge in [-0.15, -0.1) is 17.9 Å². The Morgan fingerprint density at radius 3 is 2.58 bits per heavy atom. The average molecular weight is 773 g/mol. The van der Waals surface area contributed by atoms with Gasteiger partial charge in [-0.2, -0.15) is 0 Å². The minimum Gasteiger partial charge on any atom is -0.444 e.